The Balaban J connectivity index is 3.77. The van der Waals surface area contributed by atoms with Gasteiger partial charge in [0.15, 0.2) is 0 Å². The zero-order valence-electron chi connectivity index (χ0n) is 8.10. The summed E-state index contributed by atoms with van der Waals surface area (Å²) in [6.45, 7) is 5.72. The van der Waals surface area contributed by atoms with Crippen molar-refractivity contribution in [3.05, 3.63) is 11.6 Å². The molecule has 74 valence electrons. The lowest BCUT2D eigenvalue weighted by atomic mass is 10.3. The van der Waals surface area contributed by atoms with Gasteiger partial charge in [-0.1, -0.05) is 6.08 Å². The predicted molar refractivity (Wildman–Crippen MR) is 49.8 cm³/mol. The molecule has 0 heterocycles. The van der Waals surface area contributed by atoms with E-state index in [4.69, 9.17) is 0 Å². The average molecular weight is 185 g/mol. The minimum absolute atomic E-state index is 0.311. The van der Waals surface area contributed by atoms with Gasteiger partial charge in [0.1, 0.15) is 0 Å². The standard InChI is InChI=1S/C8H15N3O2/c1-4-6(3)7(12)10-11-8(13)9-5-2/h4H,5H2,1-3H3,(H,10,12)(H2,9,11,13)/b6-4+. The first-order valence-corrected chi connectivity index (χ1v) is 4.08. The minimum Gasteiger partial charge on any atom is -0.337 e. The van der Waals surface area contributed by atoms with Crippen LogP contribution in [0.2, 0.25) is 0 Å². The summed E-state index contributed by atoms with van der Waals surface area (Å²) in [6.07, 6.45) is 1.66. The number of hydrazine groups is 1. The first-order valence-electron chi connectivity index (χ1n) is 4.08. The smallest absolute Gasteiger partial charge is 0.333 e. The molecule has 5 nitrogen and oxygen atoms in total. The van der Waals surface area contributed by atoms with E-state index in [1.54, 1.807) is 26.8 Å². The van der Waals surface area contributed by atoms with Crippen LogP contribution in [-0.2, 0) is 4.79 Å². The number of carbonyl (C=O) groups excluding carboxylic acids is 2. The van der Waals surface area contributed by atoms with E-state index in [-0.39, 0.29) is 5.91 Å². The third-order valence-corrected chi connectivity index (χ3v) is 1.42. The van der Waals surface area contributed by atoms with Gasteiger partial charge in [-0.2, -0.15) is 0 Å². The van der Waals surface area contributed by atoms with Gasteiger partial charge in [0.25, 0.3) is 5.91 Å². The fourth-order valence-electron chi connectivity index (χ4n) is 0.548. The lowest BCUT2D eigenvalue weighted by molar-refractivity contribution is -0.118. The first kappa shape index (κ1) is 11.5. The summed E-state index contributed by atoms with van der Waals surface area (Å²) in [6, 6.07) is -0.417. The van der Waals surface area contributed by atoms with E-state index >= 15 is 0 Å². The van der Waals surface area contributed by atoms with Crippen LogP contribution in [0.3, 0.4) is 0 Å². The van der Waals surface area contributed by atoms with E-state index in [0.29, 0.717) is 12.1 Å². The second-order valence-electron chi connectivity index (χ2n) is 2.41. The Hall–Kier alpha value is -1.52. The Morgan fingerprint density at radius 1 is 1.31 bits per heavy atom. The van der Waals surface area contributed by atoms with Gasteiger partial charge in [0.2, 0.25) is 0 Å². The van der Waals surface area contributed by atoms with Gasteiger partial charge in [-0.3, -0.25) is 10.2 Å². The van der Waals surface area contributed by atoms with E-state index in [9.17, 15) is 9.59 Å². The maximum atomic E-state index is 11.1. The van der Waals surface area contributed by atoms with Gasteiger partial charge >= 0.3 is 6.03 Å². The molecule has 0 aromatic carbocycles. The minimum atomic E-state index is -0.417. The molecule has 0 fully saturated rings. The van der Waals surface area contributed by atoms with Crippen LogP contribution >= 0.6 is 0 Å². The average Bonchev–Trinajstić information content (AvgIpc) is 2.13. The van der Waals surface area contributed by atoms with Crippen LogP contribution in [0.25, 0.3) is 0 Å². The molecule has 0 bridgehead atoms. The first-order chi connectivity index (χ1) is 6.11. The number of hydrogen-bond donors (Lipinski definition) is 3. The Morgan fingerprint density at radius 3 is 2.38 bits per heavy atom. The molecule has 0 atom stereocenters. The second kappa shape index (κ2) is 6.05. The highest BCUT2D eigenvalue weighted by molar-refractivity contribution is 5.93. The van der Waals surface area contributed by atoms with Crippen LogP contribution in [0.4, 0.5) is 4.79 Å². The summed E-state index contributed by atoms with van der Waals surface area (Å²) in [5.41, 5.74) is 5.01. The van der Waals surface area contributed by atoms with E-state index in [1.165, 1.54) is 0 Å². The molecule has 0 aliphatic carbocycles. The van der Waals surface area contributed by atoms with Crippen molar-refractivity contribution < 1.29 is 9.59 Å². The summed E-state index contributed by atoms with van der Waals surface area (Å²) >= 11 is 0. The SMILES string of the molecule is C/C=C(\C)C(=O)NNC(=O)NCC. The van der Waals surface area contributed by atoms with Crippen molar-refractivity contribution in [1.82, 2.24) is 16.2 Å². The molecular formula is C8H15N3O2. The molecule has 0 saturated heterocycles. The van der Waals surface area contributed by atoms with Gasteiger partial charge in [0.05, 0.1) is 0 Å². The molecule has 0 rings (SSSR count). The number of urea groups is 1. The van der Waals surface area contributed by atoms with Crippen molar-refractivity contribution in [3.8, 4) is 0 Å². The van der Waals surface area contributed by atoms with E-state index < -0.39 is 6.03 Å². The quantitative estimate of drug-likeness (QED) is 0.428. The second-order valence-corrected chi connectivity index (χ2v) is 2.41. The highest BCUT2D eigenvalue weighted by Gasteiger charge is 2.03. The third-order valence-electron chi connectivity index (χ3n) is 1.42. The van der Waals surface area contributed by atoms with Gasteiger partial charge in [-0.25, -0.2) is 10.2 Å². The van der Waals surface area contributed by atoms with E-state index in [2.05, 4.69) is 16.2 Å². The molecule has 0 radical (unpaired) electrons. The van der Waals surface area contributed by atoms with Crippen LogP contribution in [0.1, 0.15) is 20.8 Å². The lowest BCUT2D eigenvalue weighted by Gasteiger charge is -2.07. The Kier molecular flexibility index (Phi) is 5.34. The van der Waals surface area contributed by atoms with Crippen molar-refractivity contribution >= 4 is 11.9 Å². The molecule has 3 amide bonds. The number of hydrogen-bond acceptors (Lipinski definition) is 2. The number of allylic oxidation sites excluding steroid dienone is 1. The summed E-state index contributed by atoms with van der Waals surface area (Å²) in [4.78, 5) is 21.9. The lowest BCUT2D eigenvalue weighted by Crippen LogP contribution is -2.47. The maximum absolute atomic E-state index is 11.1. The van der Waals surface area contributed by atoms with Crippen molar-refractivity contribution in [3.63, 3.8) is 0 Å². The van der Waals surface area contributed by atoms with Crippen LogP contribution in [0.5, 0.6) is 0 Å². The largest absolute Gasteiger partial charge is 0.337 e. The highest BCUT2D eigenvalue weighted by Crippen LogP contribution is 1.88. The third kappa shape index (κ3) is 4.84. The van der Waals surface area contributed by atoms with Crippen LogP contribution in [0, 0.1) is 0 Å². The molecule has 0 aliphatic rings. The summed E-state index contributed by atoms with van der Waals surface area (Å²) in [5, 5.41) is 2.47. The van der Waals surface area contributed by atoms with Crippen LogP contribution < -0.4 is 16.2 Å². The Morgan fingerprint density at radius 2 is 1.92 bits per heavy atom. The Bertz CT molecular complexity index is 223. The van der Waals surface area contributed by atoms with E-state index in [1.807, 2.05) is 0 Å². The van der Waals surface area contributed by atoms with Crippen molar-refractivity contribution in [2.75, 3.05) is 6.54 Å². The fraction of sp³-hybridized carbons (Fsp3) is 0.500. The molecule has 0 aromatic heterocycles. The number of rotatable bonds is 2. The highest BCUT2D eigenvalue weighted by atomic mass is 16.2. The topological polar surface area (TPSA) is 70.2 Å². The molecule has 0 aromatic rings. The van der Waals surface area contributed by atoms with Gasteiger partial charge < -0.3 is 5.32 Å². The molecule has 5 heteroatoms. The molecular weight excluding hydrogens is 170 g/mol. The van der Waals surface area contributed by atoms with Crippen LogP contribution in [-0.4, -0.2) is 18.5 Å². The van der Waals surface area contributed by atoms with Crippen molar-refractivity contribution in [2.45, 2.75) is 20.8 Å². The molecule has 0 saturated carbocycles. The number of nitrogens with one attached hydrogen (secondary N) is 3. The number of carbonyl (C=O) groups is 2. The van der Waals surface area contributed by atoms with Crippen molar-refractivity contribution in [2.24, 2.45) is 0 Å². The van der Waals surface area contributed by atoms with E-state index in [0.717, 1.165) is 0 Å². The summed E-state index contributed by atoms with van der Waals surface area (Å²) in [7, 11) is 0. The zero-order valence-corrected chi connectivity index (χ0v) is 8.10. The van der Waals surface area contributed by atoms with Gasteiger partial charge in [-0.05, 0) is 20.8 Å². The molecule has 0 unspecified atom stereocenters. The summed E-state index contributed by atoms with van der Waals surface area (Å²) < 4.78 is 0. The molecule has 13 heavy (non-hydrogen) atoms. The molecule has 3 N–H and O–H groups in total. The maximum Gasteiger partial charge on any atom is 0.333 e. The predicted octanol–water partition coefficient (Wildman–Crippen LogP) is 0.303. The van der Waals surface area contributed by atoms with Crippen molar-refractivity contribution in [1.29, 1.82) is 0 Å². The van der Waals surface area contributed by atoms with Gasteiger partial charge in [-0.15, -0.1) is 0 Å². The fourth-order valence-corrected chi connectivity index (χ4v) is 0.548. The zero-order chi connectivity index (χ0) is 10.3. The van der Waals surface area contributed by atoms with Gasteiger partial charge in [0, 0.05) is 12.1 Å². The summed E-state index contributed by atoms with van der Waals surface area (Å²) in [5.74, 6) is -0.311. The number of amides is 3. The Labute approximate surface area is 77.5 Å². The van der Waals surface area contributed by atoms with Crippen LogP contribution in [0.15, 0.2) is 11.6 Å². The molecule has 0 spiro atoms. The normalized spacial score (nSPS) is 10.5. The monoisotopic (exact) mass is 185 g/mol. The molecule has 0 aliphatic heterocycles.